The van der Waals surface area contributed by atoms with E-state index in [2.05, 4.69) is 23.1 Å². The molecule has 1 N–H and O–H groups in total. The van der Waals surface area contributed by atoms with Crippen molar-refractivity contribution in [2.24, 2.45) is 0 Å². The summed E-state index contributed by atoms with van der Waals surface area (Å²) < 4.78 is 2.79. The van der Waals surface area contributed by atoms with Crippen LogP contribution in [0.15, 0.2) is 30.9 Å². The van der Waals surface area contributed by atoms with E-state index in [-0.39, 0.29) is 6.04 Å². The van der Waals surface area contributed by atoms with Crippen LogP contribution in [0.25, 0.3) is 11.0 Å². The number of rotatable bonds is 3. The van der Waals surface area contributed by atoms with E-state index in [4.69, 9.17) is 23.8 Å². The standard InChI is InChI=1S/C12H13ClN2S/c1-3-5-8(2)15-10-7-4-6-9(13)11(10)14-12(15)16/h3-4,6-8H,1,5H2,2H3,(H,14,16). The smallest absolute Gasteiger partial charge is 0.178 e. The Bertz CT molecular complexity index is 582. The normalized spacial score (nSPS) is 12.9. The van der Waals surface area contributed by atoms with Crippen molar-refractivity contribution in [1.82, 2.24) is 9.55 Å². The molecule has 0 amide bonds. The number of H-pyrrole nitrogens is 1. The Hall–Kier alpha value is -1.06. The van der Waals surface area contributed by atoms with Gasteiger partial charge in [0.1, 0.15) is 0 Å². The summed E-state index contributed by atoms with van der Waals surface area (Å²) in [5.74, 6) is 0. The lowest BCUT2D eigenvalue weighted by Gasteiger charge is -2.12. The van der Waals surface area contributed by atoms with Crippen LogP contribution in [0.2, 0.25) is 5.02 Å². The van der Waals surface area contributed by atoms with E-state index in [0.29, 0.717) is 9.79 Å². The highest BCUT2D eigenvalue weighted by atomic mass is 35.5. The third-order valence-electron chi connectivity index (χ3n) is 2.65. The molecule has 0 bridgehead atoms. The Morgan fingerprint density at radius 2 is 2.38 bits per heavy atom. The molecule has 1 heterocycles. The SMILES string of the molecule is C=CCC(C)n1c(=S)[nH]c2c(Cl)cccc21. The average molecular weight is 253 g/mol. The van der Waals surface area contributed by atoms with Crippen LogP contribution in [0.5, 0.6) is 0 Å². The number of para-hydroxylation sites is 1. The number of aromatic amines is 1. The number of hydrogen-bond acceptors (Lipinski definition) is 1. The van der Waals surface area contributed by atoms with Gasteiger partial charge in [-0.25, -0.2) is 0 Å². The van der Waals surface area contributed by atoms with E-state index in [1.807, 2.05) is 24.3 Å². The van der Waals surface area contributed by atoms with Crippen LogP contribution in [0.1, 0.15) is 19.4 Å². The van der Waals surface area contributed by atoms with Gasteiger partial charge in [0.05, 0.1) is 16.1 Å². The molecule has 1 aromatic heterocycles. The van der Waals surface area contributed by atoms with Crippen molar-refractivity contribution in [2.45, 2.75) is 19.4 Å². The lowest BCUT2D eigenvalue weighted by atomic mass is 10.2. The first-order chi connectivity index (χ1) is 7.65. The monoisotopic (exact) mass is 252 g/mol. The van der Waals surface area contributed by atoms with Crippen LogP contribution in [-0.4, -0.2) is 9.55 Å². The molecule has 2 rings (SSSR count). The molecule has 16 heavy (non-hydrogen) atoms. The molecule has 0 radical (unpaired) electrons. The minimum absolute atomic E-state index is 0.289. The molecule has 0 saturated carbocycles. The Labute approximate surface area is 105 Å². The quantitative estimate of drug-likeness (QED) is 0.631. The van der Waals surface area contributed by atoms with Crippen molar-refractivity contribution < 1.29 is 0 Å². The van der Waals surface area contributed by atoms with Crippen LogP contribution < -0.4 is 0 Å². The lowest BCUT2D eigenvalue weighted by Crippen LogP contribution is -2.03. The fourth-order valence-corrected chi connectivity index (χ4v) is 2.50. The molecule has 1 unspecified atom stereocenters. The highest BCUT2D eigenvalue weighted by Crippen LogP contribution is 2.26. The van der Waals surface area contributed by atoms with Crippen LogP contribution in [0, 0.1) is 4.77 Å². The van der Waals surface area contributed by atoms with E-state index in [1.54, 1.807) is 0 Å². The number of nitrogens with one attached hydrogen (secondary N) is 1. The topological polar surface area (TPSA) is 20.7 Å². The zero-order chi connectivity index (χ0) is 11.7. The fraction of sp³-hybridized carbons (Fsp3) is 0.250. The number of halogens is 1. The molecule has 0 aliphatic rings. The van der Waals surface area contributed by atoms with Gasteiger partial charge in [-0.3, -0.25) is 0 Å². The van der Waals surface area contributed by atoms with E-state index >= 15 is 0 Å². The maximum Gasteiger partial charge on any atom is 0.178 e. The predicted octanol–water partition coefficient (Wildman–Crippen LogP) is 4.49. The number of imidazole rings is 1. The van der Waals surface area contributed by atoms with Crippen molar-refractivity contribution >= 4 is 34.9 Å². The highest BCUT2D eigenvalue weighted by molar-refractivity contribution is 7.71. The summed E-state index contributed by atoms with van der Waals surface area (Å²) in [5.41, 5.74) is 1.96. The molecule has 1 atom stereocenters. The molecular weight excluding hydrogens is 240 g/mol. The zero-order valence-electron chi connectivity index (χ0n) is 9.03. The molecule has 2 nitrogen and oxygen atoms in total. The summed E-state index contributed by atoms with van der Waals surface area (Å²) in [7, 11) is 0. The van der Waals surface area contributed by atoms with Gasteiger partial charge in [-0.05, 0) is 37.7 Å². The van der Waals surface area contributed by atoms with Crippen LogP contribution in [0.4, 0.5) is 0 Å². The van der Waals surface area contributed by atoms with Gasteiger partial charge in [0.2, 0.25) is 0 Å². The van der Waals surface area contributed by atoms with Gasteiger partial charge in [-0.1, -0.05) is 23.7 Å². The molecule has 0 saturated heterocycles. The molecule has 4 heteroatoms. The van der Waals surface area contributed by atoms with Gasteiger partial charge in [0, 0.05) is 6.04 Å². The maximum atomic E-state index is 6.11. The van der Waals surface area contributed by atoms with E-state index in [0.717, 1.165) is 17.5 Å². The average Bonchev–Trinajstić information content (AvgIpc) is 2.56. The maximum absolute atomic E-state index is 6.11. The number of hydrogen-bond donors (Lipinski definition) is 1. The predicted molar refractivity (Wildman–Crippen MR) is 71.7 cm³/mol. The second-order valence-electron chi connectivity index (χ2n) is 3.81. The fourth-order valence-electron chi connectivity index (χ4n) is 1.90. The number of allylic oxidation sites excluding steroid dienone is 1. The van der Waals surface area contributed by atoms with E-state index in [1.165, 1.54) is 0 Å². The van der Waals surface area contributed by atoms with Gasteiger partial charge in [0.25, 0.3) is 0 Å². The summed E-state index contributed by atoms with van der Waals surface area (Å²) in [6.07, 6.45) is 2.78. The summed E-state index contributed by atoms with van der Waals surface area (Å²) in [6.45, 7) is 5.87. The first-order valence-electron chi connectivity index (χ1n) is 5.14. The number of nitrogens with zero attached hydrogens (tertiary/aromatic N) is 1. The van der Waals surface area contributed by atoms with Crippen LogP contribution >= 0.6 is 23.8 Å². The van der Waals surface area contributed by atoms with E-state index in [9.17, 15) is 0 Å². The van der Waals surface area contributed by atoms with Gasteiger partial charge < -0.3 is 9.55 Å². The first-order valence-corrected chi connectivity index (χ1v) is 5.93. The van der Waals surface area contributed by atoms with Gasteiger partial charge in [-0.2, -0.15) is 0 Å². The van der Waals surface area contributed by atoms with Crippen LogP contribution in [0.3, 0.4) is 0 Å². The Morgan fingerprint density at radius 3 is 3.06 bits per heavy atom. The largest absolute Gasteiger partial charge is 0.329 e. The Kier molecular flexibility index (Phi) is 3.17. The summed E-state index contributed by atoms with van der Waals surface area (Å²) in [6, 6.07) is 6.10. The Balaban J connectivity index is 2.69. The second-order valence-corrected chi connectivity index (χ2v) is 4.60. The third-order valence-corrected chi connectivity index (χ3v) is 3.26. The van der Waals surface area contributed by atoms with Crippen molar-refractivity contribution in [3.8, 4) is 0 Å². The molecule has 0 aliphatic carbocycles. The minimum Gasteiger partial charge on any atom is -0.329 e. The molecule has 0 fully saturated rings. The summed E-state index contributed by atoms with van der Waals surface area (Å²) >= 11 is 11.4. The van der Waals surface area contributed by atoms with Gasteiger partial charge >= 0.3 is 0 Å². The van der Waals surface area contributed by atoms with Crippen molar-refractivity contribution in [1.29, 1.82) is 0 Å². The molecule has 84 valence electrons. The molecule has 0 spiro atoms. The second kappa shape index (κ2) is 4.44. The molecular formula is C12H13ClN2S. The number of benzene rings is 1. The molecule has 1 aromatic carbocycles. The van der Waals surface area contributed by atoms with Crippen molar-refractivity contribution in [2.75, 3.05) is 0 Å². The van der Waals surface area contributed by atoms with Crippen molar-refractivity contribution in [3.05, 3.63) is 40.6 Å². The lowest BCUT2D eigenvalue weighted by molar-refractivity contribution is 0.564. The van der Waals surface area contributed by atoms with Gasteiger partial charge in [-0.15, -0.1) is 6.58 Å². The van der Waals surface area contributed by atoms with Crippen LogP contribution in [-0.2, 0) is 0 Å². The summed E-state index contributed by atoms with van der Waals surface area (Å²) in [4.78, 5) is 3.15. The third kappa shape index (κ3) is 1.81. The highest BCUT2D eigenvalue weighted by Gasteiger charge is 2.11. The minimum atomic E-state index is 0.289. The molecule has 0 aliphatic heterocycles. The Morgan fingerprint density at radius 1 is 1.62 bits per heavy atom. The number of fused-ring (bicyclic) bond motifs is 1. The first kappa shape index (κ1) is 11.4. The van der Waals surface area contributed by atoms with Crippen molar-refractivity contribution in [3.63, 3.8) is 0 Å². The zero-order valence-corrected chi connectivity index (χ0v) is 10.6. The molecule has 2 aromatic rings. The van der Waals surface area contributed by atoms with Gasteiger partial charge in [0.15, 0.2) is 4.77 Å². The summed E-state index contributed by atoms with van der Waals surface area (Å²) in [5, 5.41) is 0.702. The number of aromatic nitrogens is 2. The van der Waals surface area contributed by atoms with E-state index < -0.39 is 0 Å².